The third-order valence-electron chi connectivity index (χ3n) is 2.37. The fraction of sp³-hybridized carbons (Fsp3) is 0.167. The zero-order valence-corrected chi connectivity index (χ0v) is 10.4. The van der Waals surface area contributed by atoms with Crippen molar-refractivity contribution in [1.82, 2.24) is 4.98 Å². The molecule has 2 aromatic rings. The molecule has 4 nitrogen and oxygen atoms in total. The van der Waals surface area contributed by atoms with Crippen molar-refractivity contribution in [2.75, 3.05) is 11.9 Å². The largest absolute Gasteiger partial charge is 0.382 e. The smallest absolute Gasteiger partial charge is 0.141 e. The van der Waals surface area contributed by atoms with E-state index >= 15 is 0 Å². The molecule has 0 saturated heterocycles. The number of nitrogens with one attached hydrogen (secondary N) is 1. The van der Waals surface area contributed by atoms with Crippen molar-refractivity contribution < 1.29 is 0 Å². The van der Waals surface area contributed by atoms with Gasteiger partial charge >= 0.3 is 0 Å². The predicted molar refractivity (Wildman–Crippen MR) is 71.7 cm³/mol. The Labute approximate surface area is 104 Å². The molecule has 0 aliphatic carbocycles. The molecule has 0 aromatic carbocycles. The standard InChI is InChI=1S/C12H14N4S/c1-16(8-9-4-3-7-17-9)11-6-2-5-10(15-11)12(13)14/h2-7H,8H2,1H3,(H3,13,14). The number of anilines is 1. The zero-order valence-electron chi connectivity index (χ0n) is 9.55. The van der Waals surface area contributed by atoms with Gasteiger partial charge in [0.15, 0.2) is 0 Å². The van der Waals surface area contributed by atoms with Gasteiger partial charge < -0.3 is 10.6 Å². The van der Waals surface area contributed by atoms with Gasteiger partial charge in [-0.2, -0.15) is 0 Å². The van der Waals surface area contributed by atoms with Gasteiger partial charge in [-0.25, -0.2) is 4.98 Å². The Morgan fingerprint density at radius 1 is 1.41 bits per heavy atom. The SMILES string of the molecule is CN(Cc1cccs1)c1cccc(C(=N)N)n1. The predicted octanol–water partition coefficient (Wildman–Crippen LogP) is 2.06. The molecule has 3 N–H and O–H groups in total. The molecule has 0 unspecified atom stereocenters. The number of nitrogen functional groups attached to an aromatic ring is 1. The first-order valence-corrected chi connectivity index (χ1v) is 6.10. The van der Waals surface area contributed by atoms with Gasteiger partial charge in [0, 0.05) is 11.9 Å². The lowest BCUT2D eigenvalue weighted by atomic mass is 10.3. The minimum Gasteiger partial charge on any atom is -0.382 e. The normalized spacial score (nSPS) is 10.2. The second kappa shape index (κ2) is 4.97. The van der Waals surface area contributed by atoms with Gasteiger partial charge in [-0.15, -0.1) is 11.3 Å². The van der Waals surface area contributed by atoms with E-state index in [-0.39, 0.29) is 5.84 Å². The minimum atomic E-state index is -0.00336. The lowest BCUT2D eigenvalue weighted by Gasteiger charge is -2.17. The summed E-state index contributed by atoms with van der Waals surface area (Å²) in [5, 5.41) is 9.43. The number of aromatic nitrogens is 1. The first-order chi connectivity index (χ1) is 8.16. The number of nitrogens with two attached hydrogens (primary N) is 1. The Morgan fingerprint density at radius 2 is 2.24 bits per heavy atom. The van der Waals surface area contributed by atoms with Gasteiger partial charge in [0.25, 0.3) is 0 Å². The second-order valence-electron chi connectivity index (χ2n) is 3.73. The molecule has 17 heavy (non-hydrogen) atoms. The summed E-state index contributed by atoms with van der Waals surface area (Å²) >= 11 is 1.72. The average Bonchev–Trinajstić information content (AvgIpc) is 2.82. The van der Waals surface area contributed by atoms with E-state index in [9.17, 15) is 0 Å². The van der Waals surface area contributed by atoms with Crippen molar-refractivity contribution in [2.24, 2.45) is 5.73 Å². The van der Waals surface area contributed by atoms with E-state index in [1.807, 2.05) is 30.1 Å². The highest BCUT2D eigenvalue weighted by Gasteiger charge is 2.06. The van der Waals surface area contributed by atoms with Gasteiger partial charge in [-0.1, -0.05) is 12.1 Å². The van der Waals surface area contributed by atoms with Crippen molar-refractivity contribution in [1.29, 1.82) is 5.41 Å². The number of hydrogen-bond donors (Lipinski definition) is 2. The first-order valence-electron chi connectivity index (χ1n) is 5.22. The van der Waals surface area contributed by atoms with E-state index < -0.39 is 0 Å². The van der Waals surface area contributed by atoms with Crippen molar-refractivity contribution in [3.05, 3.63) is 46.3 Å². The van der Waals surface area contributed by atoms with Gasteiger partial charge in [0.2, 0.25) is 0 Å². The van der Waals surface area contributed by atoms with E-state index in [4.69, 9.17) is 11.1 Å². The van der Waals surface area contributed by atoms with Gasteiger partial charge in [-0.05, 0) is 23.6 Å². The summed E-state index contributed by atoms with van der Waals surface area (Å²) in [5.74, 6) is 0.822. The maximum atomic E-state index is 7.37. The number of pyridine rings is 1. The van der Waals surface area contributed by atoms with Crippen LogP contribution in [0.3, 0.4) is 0 Å². The molecule has 0 radical (unpaired) electrons. The Balaban J connectivity index is 2.16. The summed E-state index contributed by atoms with van der Waals surface area (Å²) in [7, 11) is 1.98. The molecule has 0 amide bonds. The van der Waals surface area contributed by atoms with Crippen LogP contribution < -0.4 is 10.6 Å². The van der Waals surface area contributed by atoms with Crippen molar-refractivity contribution >= 4 is 23.0 Å². The molecule has 0 aliphatic rings. The molecule has 0 bridgehead atoms. The van der Waals surface area contributed by atoms with Crippen LogP contribution in [0.5, 0.6) is 0 Å². The molecule has 0 spiro atoms. The molecule has 2 aromatic heterocycles. The summed E-state index contributed by atoms with van der Waals surface area (Å²) in [6, 6.07) is 9.65. The average molecular weight is 246 g/mol. The first kappa shape index (κ1) is 11.6. The van der Waals surface area contributed by atoms with E-state index in [0.717, 1.165) is 12.4 Å². The van der Waals surface area contributed by atoms with Crippen LogP contribution in [0.25, 0.3) is 0 Å². The van der Waals surface area contributed by atoms with Crippen LogP contribution >= 0.6 is 11.3 Å². The molecule has 5 heteroatoms. The van der Waals surface area contributed by atoms with Crippen LogP contribution in [0.4, 0.5) is 5.82 Å². The molecule has 0 atom stereocenters. The summed E-state index contributed by atoms with van der Waals surface area (Å²) < 4.78 is 0. The second-order valence-corrected chi connectivity index (χ2v) is 4.76. The number of amidine groups is 1. The van der Waals surface area contributed by atoms with Crippen LogP contribution in [0.15, 0.2) is 35.7 Å². The van der Waals surface area contributed by atoms with Crippen LogP contribution in [-0.2, 0) is 6.54 Å². The lowest BCUT2D eigenvalue weighted by Crippen LogP contribution is -2.19. The third-order valence-corrected chi connectivity index (χ3v) is 3.24. The van der Waals surface area contributed by atoms with Crippen molar-refractivity contribution in [3.63, 3.8) is 0 Å². The molecule has 0 fully saturated rings. The molecule has 88 valence electrons. The Morgan fingerprint density at radius 3 is 2.88 bits per heavy atom. The van der Waals surface area contributed by atoms with Crippen molar-refractivity contribution in [3.8, 4) is 0 Å². The van der Waals surface area contributed by atoms with E-state index in [2.05, 4.69) is 16.4 Å². The molecule has 2 rings (SSSR count). The third kappa shape index (κ3) is 2.82. The molecule has 0 saturated carbocycles. The highest BCUT2D eigenvalue weighted by molar-refractivity contribution is 7.09. The van der Waals surface area contributed by atoms with Crippen LogP contribution in [0, 0.1) is 5.41 Å². The highest BCUT2D eigenvalue weighted by Crippen LogP contribution is 2.16. The summed E-state index contributed by atoms with van der Waals surface area (Å²) in [4.78, 5) is 7.65. The fourth-order valence-electron chi connectivity index (χ4n) is 1.50. The van der Waals surface area contributed by atoms with Crippen LogP contribution in [-0.4, -0.2) is 17.9 Å². The van der Waals surface area contributed by atoms with E-state index in [1.54, 1.807) is 17.4 Å². The summed E-state index contributed by atoms with van der Waals surface area (Å²) in [5.41, 5.74) is 5.94. The Bertz CT molecular complexity index is 507. The summed E-state index contributed by atoms with van der Waals surface area (Å²) in [6.45, 7) is 0.812. The number of thiophene rings is 1. The fourth-order valence-corrected chi connectivity index (χ4v) is 2.26. The maximum Gasteiger partial charge on any atom is 0.141 e. The Kier molecular flexibility index (Phi) is 3.39. The van der Waals surface area contributed by atoms with Crippen LogP contribution in [0.2, 0.25) is 0 Å². The topological polar surface area (TPSA) is 66.0 Å². The number of rotatable bonds is 4. The van der Waals surface area contributed by atoms with Crippen LogP contribution in [0.1, 0.15) is 10.6 Å². The monoisotopic (exact) mass is 246 g/mol. The Hall–Kier alpha value is -1.88. The molecular formula is C12H14N4S. The quantitative estimate of drug-likeness (QED) is 0.641. The number of hydrogen-bond acceptors (Lipinski definition) is 4. The van der Waals surface area contributed by atoms with E-state index in [0.29, 0.717) is 5.69 Å². The highest BCUT2D eigenvalue weighted by atomic mass is 32.1. The molecule has 2 heterocycles. The van der Waals surface area contributed by atoms with E-state index in [1.165, 1.54) is 4.88 Å². The molecule has 0 aliphatic heterocycles. The summed E-state index contributed by atoms with van der Waals surface area (Å²) in [6.07, 6.45) is 0. The lowest BCUT2D eigenvalue weighted by molar-refractivity contribution is 0.910. The molecular weight excluding hydrogens is 232 g/mol. The van der Waals surface area contributed by atoms with Gasteiger partial charge in [-0.3, -0.25) is 5.41 Å². The number of nitrogens with zero attached hydrogens (tertiary/aromatic N) is 2. The maximum absolute atomic E-state index is 7.37. The van der Waals surface area contributed by atoms with Gasteiger partial charge in [0.05, 0.1) is 6.54 Å². The van der Waals surface area contributed by atoms with Crippen molar-refractivity contribution in [2.45, 2.75) is 6.54 Å². The van der Waals surface area contributed by atoms with Gasteiger partial charge in [0.1, 0.15) is 17.3 Å². The zero-order chi connectivity index (χ0) is 12.3. The minimum absolute atomic E-state index is 0.00336.